The third-order valence-electron chi connectivity index (χ3n) is 5.13. The number of aryl methyl sites for hydroxylation is 2. The summed E-state index contributed by atoms with van der Waals surface area (Å²) in [6.45, 7) is 5.86. The van der Waals surface area contributed by atoms with E-state index in [1.54, 1.807) is 12.1 Å². The normalized spacial score (nSPS) is 16.0. The van der Waals surface area contributed by atoms with Crippen molar-refractivity contribution in [1.82, 2.24) is 9.62 Å². The van der Waals surface area contributed by atoms with Crippen LogP contribution in [-0.2, 0) is 14.8 Å². The number of fused-ring (bicyclic) bond motifs is 1. The first-order chi connectivity index (χ1) is 13.3. The molecule has 7 heteroatoms. The molecule has 6 nitrogen and oxygen atoms in total. The van der Waals surface area contributed by atoms with E-state index in [0.29, 0.717) is 6.42 Å². The van der Waals surface area contributed by atoms with Crippen LogP contribution in [0.2, 0.25) is 0 Å². The minimum atomic E-state index is -3.88. The summed E-state index contributed by atoms with van der Waals surface area (Å²) in [5.74, 6) is -0.867. The molecule has 0 fully saturated rings. The van der Waals surface area contributed by atoms with Crippen molar-refractivity contribution in [3.05, 3.63) is 64.7 Å². The Morgan fingerprint density at radius 2 is 1.82 bits per heavy atom. The van der Waals surface area contributed by atoms with Gasteiger partial charge in [0.2, 0.25) is 5.91 Å². The minimum absolute atomic E-state index is 0.00183. The number of carbonyl (C=O) groups is 2. The lowest BCUT2D eigenvalue weighted by Gasteiger charge is -2.20. The van der Waals surface area contributed by atoms with Gasteiger partial charge in [0.05, 0.1) is 11.6 Å². The van der Waals surface area contributed by atoms with E-state index in [1.807, 2.05) is 32.9 Å². The number of benzene rings is 2. The molecule has 0 unspecified atom stereocenters. The van der Waals surface area contributed by atoms with Crippen molar-refractivity contribution >= 4 is 21.8 Å². The van der Waals surface area contributed by atoms with E-state index in [1.165, 1.54) is 17.7 Å². The van der Waals surface area contributed by atoms with Crippen molar-refractivity contribution in [1.29, 1.82) is 0 Å². The molecular weight excluding hydrogens is 376 g/mol. The molecule has 1 aliphatic rings. The lowest BCUT2D eigenvalue weighted by molar-refractivity contribution is -0.121. The fourth-order valence-corrected chi connectivity index (χ4v) is 4.89. The van der Waals surface area contributed by atoms with E-state index in [-0.39, 0.29) is 35.4 Å². The molecule has 2 amide bonds. The quantitative estimate of drug-likeness (QED) is 0.808. The number of hydrogen-bond acceptors (Lipinski definition) is 4. The van der Waals surface area contributed by atoms with Gasteiger partial charge < -0.3 is 5.32 Å². The lowest BCUT2D eigenvalue weighted by atomic mass is 9.99. The van der Waals surface area contributed by atoms with Gasteiger partial charge in [-0.1, -0.05) is 37.3 Å². The first-order valence-electron chi connectivity index (χ1n) is 9.28. The first-order valence-corrected chi connectivity index (χ1v) is 10.7. The number of nitrogens with zero attached hydrogens (tertiary/aromatic N) is 1. The Labute approximate surface area is 165 Å². The summed E-state index contributed by atoms with van der Waals surface area (Å²) in [7, 11) is -3.88. The molecule has 0 aliphatic carbocycles. The molecule has 0 saturated carbocycles. The van der Waals surface area contributed by atoms with Crippen LogP contribution in [-0.4, -0.2) is 31.1 Å². The molecule has 1 N–H and O–H groups in total. The second-order valence-electron chi connectivity index (χ2n) is 7.00. The van der Waals surface area contributed by atoms with Gasteiger partial charge in [0.25, 0.3) is 15.9 Å². The molecule has 1 atom stereocenters. The Hall–Kier alpha value is -2.67. The van der Waals surface area contributed by atoms with Gasteiger partial charge in [-0.3, -0.25) is 9.59 Å². The average Bonchev–Trinajstić information content (AvgIpc) is 2.86. The molecular formula is C21H24N2O4S. The Bertz CT molecular complexity index is 1030. The minimum Gasteiger partial charge on any atom is -0.349 e. The van der Waals surface area contributed by atoms with Crippen LogP contribution in [0.25, 0.3) is 0 Å². The van der Waals surface area contributed by atoms with E-state index in [0.717, 1.165) is 15.4 Å². The molecule has 0 bridgehead atoms. The fourth-order valence-electron chi connectivity index (χ4n) is 3.32. The molecule has 2 aromatic carbocycles. The second-order valence-corrected chi connectivity index (χ2v) is 8.83. The summed E-state index contributed by atoms with van der Waals surface area (Å²) in [5, 5.41) is 2.95. The molecule has 0 spiro atoms. The standard InChI is InChI=1S/C21H24N2O4S/c1-4-18(16-10-9-14(2)15(3)13-16)22-20(24)11-12-23-21(25)17-7-5-6-8-19(17)28(23,26)27/h5-10,13,18H,4,11-12H2,1-3H3,(H,22,24)/t18-/m0/s1. The molecule has 0 saturated heterocycles. The smallest absolute Gasteiger partial charge is 0.269 e. The van der Waals surface area contributed by atoms with Crippen molar-refractivity contribution in [2.45, 2.75) is 44.6 Å². The van der Waals surface area contributed by atoms with Gasteiger partial charge in [-0.15, -0.1) is 0 Å². The maximum absolute atomic E-state index is 12.5. The molecule has 1 heterocycles. The molecule has 3 rings (SSSR count). The van der Waals surface area contributed by atoms with Crippen LogP contribution in [0.15, 0.2) is 47.4 Å². The highest BCUT2D eigenvalue weighted by molar-refractivity contribution is 7.90. The summed E-state index contributed by atoms with van der Waals surface area (Å²) in [4.78, 5) is 24.9. The Morgan fingerprint density at radius 3 is 2.46 bits per heavy atom. The van der Waals surface area contributed by atoms with Crippen LogP contribution in [0.1, 0.15) is 52.9 Å². The number of hydrogen-bond donors (Lipinski definition) is 1. The largest absolute Gasteiger partial charge is 0.349 e. The van der Waals surface area contributed by atoms with Gasteiger partial charge in [-0.2, -0.15) is 0 Å². The summed E-state index contributed by atoms with van der Waals surface area (Å²) in [5.41, 5.74) is 3.50. The van der Waals surface area contributed by atoms with Gasteiger partial charge >= 0.3 is 0 Å². The molecule has 28 heavy (non-hydrogen) atoms. The predicted octanol–water partition coefficient (Wildman–Crippen LogP) is 3.11. The van der Waals surface area contributed by atoms with Gasteiger partial charge in [-0.25, -0.2) is 12.7 Å². The number of sulfonamides is 1. The Morgan fingerprint density at radius 1 is 1.11 bits per heavy atom. The van der Waals surface area contributed by atoms with Gasteiger partial charge in [-0.05, 0) is 49.1 Å². The van der Waals surface area contributed by atoms with E-state index < -0.39 is 15.9 Å². The van der Waals surface area contributed by atoms with Crippen LogP contribution in [0, 0.1) is 13.8 Å². The Balaban J connectivity index is 1.67. The fraction of sp³-hybridized carbons (Fsp3) is 0.333. The average molecular weight is 401 g/mol. The van der Waals surface area contributed by atoms with Crippen molar-refractivity contribution in [3.8, 4) is 0 Å². The zero-order valence-corrected chi connectivity index (χ0v) is 17.0. The molecule has 148 valence electrons. The summed E-state index contributed by atoms with van der Waals surface area (Å²) in [6.07, 6.45) is 0.626. The summed E-state index contributed by atoms with van der Waals surface area (Å²) in [6, 6.07) is 12.0. The van der Waals surface area contributed by atoms with Gasteiger partial charge in [0.15, 0.2) is 0 Å². The first kappa shape index (κ1) is 20.1. The van der Waals surface area contributed by atoms with Crippen LogP contribution >= 0.6 is 0 Å². The number of amides is 2. The van der Waals surface area contributed by atoms with Crippen LogP contribution in [0.4, 0.5) is 0 Å². The third kappa shape index (κ3) is 3.67. The SMILES string of the molecule is CC[C@H](NC(=O)CCN1C(=O)c2ccccc2S1(=O)=O)c1ccc(C)c(C)c1. The monoisotopic (exact) mass is 400 g/mol. The topological polar surface area (TPSA) is 83.6 Å². The van der Waals surface area contributed by atoms with Crippen molar-refractivity contribution in [2.24, 2.45) is 0 Å². The zero-order chi connectivity index (χ0) is 20.5. The lowest BCUT2D eigenvalue weighted by Crippen LogP contribution is -2.35. The molecule has 0 radical (unpaired) electrons. The zero-order valence-electron chi connectivity index (χ0n) is 16.2. The Kier molecular flexibility index (Phi) is 5.56. The molecule has 1 aliphatic heterocycles. The number of nitrogens with one attached hydrogen (secondary N) is 1. The van der Waals surface area contributed by atoms with Crippen molar-refractivity contribution in [3.63, 3.8) is 0 Å². The van der Waals surface area contributed by atoms with Crippen LogP contribution < -0.4 is 5.32 Å². The van der Waals surface area contributed by atoms with E-state index in [2.05, 4.69) is 11.4 Å². The van der Waals surface area contributed by atoms with E-state index >= 15 is 0 Å². The van der Waals surface area contributed by atoms with E-state index in [9.17, 15) is 18.0 Å². The summed E-state index contributed by atoms with van der Waals surface area (Å²) >= 11 is 0. The van der Waals surface area contributed by atoms with E-state index in [4.69, 9.17) is 0 Å². The highest BCUT2D eigenvalue weighted by Crippen LogP contribution is 2.30. The van der Waals surface area contributed by atoms with Crippen molar-refractivity contribution < 1.29 is 18.0 Å². The maximum atomic E-state index is 12.5. The number of rotatable bonds is 6. The maximum Gasteiger partial charge on any atom is 0.269 e. The van der Waals surface area contributed by atoms with Crippen LogP contribution in [0.5, 0.6) is 0 Å². The highest BCUT2D eigenvalue weighted by atomic mass is 32.2. The highest BCUT2D eigenvalue weighted by Gasteiger charge is 2.40. The number of carbonyl (C=O) groups excluding carboxylic acids is 2. The summed E-state index contributed by atoms with van der Waals surface area (Å²) < 4.78 is 25.9. The predicted molar refractivity (Wildman–Crippen MR) is 106 cm³/mol. The molecule has 2 aromatic rings. The third-order valence-corrected chi connectivity index (χ3v) is 6.97. The van der Waals surface area contributed by atoms with Crippen molar-refractivity contribution in [2.75, 3.05) is 6.54 Å². The second kappa shape index (κ2) is 7.75. The van der Waals surface area contributed by atoms with Gasteiger partial charge in [0.1, 0.15) is 4.90 Å². The molecule has 0 aromatic heterocycles. The van der Waals surface area contributed by atoms with Gasteiger partial charge in [0, 0.05) is 13.0 Å². The van der Waals surface area contributed by atoms with Crippen LogP contribution in [0.3, 0.4) is 0 Å².